The van der Waals surface area contributed by atoms with Crippen LogP contribution in [0.4, 0.5) is 17.6 Å². The van der Waals surface area contributed by atoms with E-state index in [-0.39, 0.29) is 0 Å². The first kappa shape index (κ1) is 18.9. The van der Waals surface area contributed by atoms with E-state index in [1.165, 1.54) is 4.57 Å². The lowest BCUT2D eigenvalue weighted by Crippen LogP contribution is -2.32. The summed E-state index contributed by atoms with van der Waals surface area (Å²) in [6.45, 7) is 1.09. The highest BCUT2D eigenvalue weighted by molar-refractivity contribution is 5.91. The smallest absolute Gasteiger partial charge is 0.425 e. The maximum atomic E-state index is 14.4. The van der Waals surface area contributed by atoms with Crippen LogP contribution in [0.1, 0.15) is 35.9 Å². The second kappa shape index (κ2) is 6.71. The van der Waals surface area contributed by atoms with E-state index in [0.29, 0.717) is 36.5 Å². The van der Waals surface area contributed by atoms with Crippen LogP contribution in [-0.2, 0) is 13.0 Å². The fourth-order valence-corrected chi connectivity index (χ4v) is 2.78. The zero-order valence-electron chi connectivity index (χ0n) is 14.1. The molecule has 0 aliphatic carbocycles. The zero-order valence-corrected chi connectivity index (χ0v) is 14.1. The van der Waals surface area contributed by atoms with Crippen molar-refractivity contribution in [3.05, 3.63) is 39.8 Å². The maximum absolute atomic E-state index is 14.4. The lowest BCUT2D eigenvalue weighted by Gasteiger charge is -2.19. The van der Waals surface area contributed by atoms with E-state index < -0.39 is 46.8 Å². The average Bonchev–Trinajstić information content (AvgIpc) is 2.92. The summed E-state index contributed by atoms with van der Waals surface area (Å²) in [6.07, 6.45) is -5.04. The average molecular weight is 389 g/mol. The number of aryl methyl sites for hydroxylation is 1. The number of aromatic nitrogens is 3. The van der Waals surface area contributed by atoms with Crippen molar-refractivity contribution < 1.29 is 32.2 Å². The van der Waals surface area contributed by atoms with E-state index in [0.717, 1.165) is 18.9 Å². The number of aromatic carboxylic acids is 1. The molecule has 0 fully saturated rings. The molecule has 0 radical (unpaired) electrons. The number of benzene rings is 1. The lowest BCUT2D eigenvalue weighted by molar-refractivity contribution is -0.189. The number of carboxylic acid groups (broad SMARTS) is 1. The summed E-state index contributed by atoms with van der Waals surface area (Å²) < 4.78 is 59.5. The van der Waals surface area contributed by atoms with Gasteiger partial charge in [0.15, 0.2) is 6.10 Å². The van der Waals surface area contributed by atoms with Gasteiger partial charge in [-0.15, -0.1) is 5.10 Å². The van der Waals surface area contributed by atoms with Crippen molar-refractivity contribution in [2.45, 2.75) is 45.0 Å². The van der Waals surface area contributed by atoms with Crippen LogP contribution < -0.4 is 10.4 Å². The standard InChI is InChI=1S/C16H15F4N3O4/c1-8(16(18,19)20)27-12-7-11(10(17)6-9(12)14(24)25)23-15(26)22-5-3-2-4-13(22)21-23/h6-8H,2-5H2,1H3,(H,24,25)/t8-/m0/s1. The normalized spacial score (nSPS) is 15.3. The van der Waals surface area contributed by atoms with Gasteiger partial charge in [0.1, 0.15) is 28.6 Å². The summed E-state index contributed by atoms with van der Waals surface area (Å²) in [4.78, 5) is 23.7. The van der Waals surface area contributed by atoms with Crippen LogP contribution in [0.5, 0.6) is 5.75 Å². The molecular formula is C16H15F4N3O4. The van der Waals surface area contributed by atoms with Crippen molar-refractivity contribution in [3.8, 4) is 11.4 Å². The van der Waals surface area contributed by atoms with Gasteiger partial charge >= 0.3 is 17.8 Å². The van der Waals surface area contributed by atoms with Crippen LogP contribution in [0, 0.1) is 5.82 Å². The highest BCUT2D eigenvalue weighted by Gasteiger charge is 2.39. The molecule has 1 N–H and O–H groups in total. The van der Waals surface area contributed by atoms with Gasteiger partial charge in [-0.2, -0.15) is 17.9 Å². The molecule has 0 saturated carbocycles. The van der Waals surface area contributed by atoms with Crippen LogP contribution in [0.15, 0.2) is 16.9 Å². The summed E-state index contributed by atoms with van der Waals surface area (Å²) in [6, 6.07) is 1.27. The van der Waals surface area contributed by atoms with Gasteiger partial charge in [0.05, 0.1) is 0 Å². The first-order valence-electron chi connectivity index (χ1n) is 8.09. The minimum Gasteiger partial charge on any atom is -0.480 e. The van der Waals surface area contributed by atoms with Gasteiger partial charge in [0.25, 0.3) is 0 Å². The third-order valence-corrected chi connectivity index (χ3v) is 4.24. The van der Waals surface area contributed by atoms with E-state index in [1.807, 2.05) is 0 Å². The molecule has 11 heteroatoms. The third kappa shape index (κ3) is 3.53. The van der Waals surface area contributed by atoms with Gasteiger partial charge in [-0.1, -0.05) is 0 Å². The fraction of sp³-hybridized carbons (Fsp3) is 0.438. The molecule has 1 aliphatic heterocycles. The van der Waals surface area contributed by atoms with Gasteiger partial charge in [-0.05, 0) is 25.8 Å². The molecule has 146 valence electrons. The minimum absolute atomic E-state index is 0.400. The summed E-state index contributed by atoms with van der Waals surface area (Å²) in [5.41, 5.74) is -1.91. The van der Waals surface area contributed by atoms with Gasteiger partial charge in [0, 0.05) is 19.0 Å². The Morgan fingerprint density at radius 2 is 2.04 bits per heavy atom. The topological polar surface area (TPSA) is 86.4 Å². The van der Waals surface area contributed by atoms with Crippen molar-refractivity contribution in [1.29, 1.82) is 0 Å². The SMILES string of the molecule is C[C@H](Oc1cc(-n2nc3n(c2=O)CCCC3)c(F)cc1C(=O)O)C(F)(F)F. The molecule has 27 heavy (non-hydrogen) atoms. The van der Waals surface area contributed by atoms with E-state index in [1.54, 1.807) is 0 Å². The van der Waals surface area contributed by atoms with Gasteiger partial charge in [0.2, 0.25) is 0 Å². The first-order valence-corrected chi connectivity index (χ1v) is 8.09. The molecule has 0 spiro atoms. The molecule has 1 atom stereocenters. The molecule has 0 amide bonds. The molecule has 7 nitrogen and oxygen atoms in total. The van der Waals surface area contributed by atoms with Crippen LogP contribution in [0.3, 0.4) is 0 Å². The number of rotatable bonds is 4. The summed E-state index contributed by atoms with van der Waals surface area (Å²) in [5.74, 6) is -3.06. The quantitative estimate of drug-likeness (QED) is 0.813. The monoisotopic (exact) mass is 389 g/mol. The Kier molecular flexibility index (Phi) is 4.70. The minimum atomic E-state index is -4.76. The zero-order chi connectivity index (χ0) is 19.9. The first-order chi connectivity index (χ1) is 12.6. The number of carboxylic acids is 1. The van der Waals surface area contributed by atoms with Gasteiger partial charge in [-0.3, -0.25) is 4.57 Å². The molecule has 1 aliphatic rings. The number of fused-ring (bicyclic) bond motifs is 1. The number of ether oxygens (including phenoxy) is 1. The predicted molar refractivity (Wildman–Crippen MR) is 83.8 cm³/mol. The molecule has 2 heterocycles. The van der Waals surface area contributed by atoms with Crippen molar-refractivity contribution in [2.75, 3.05) is 0 Å². The molecule has 0 bridgehead atoms. The molecule has 1 aromatic heterocycles. The second-order valence-electron chi connectivity index (χ2n) is 6.13. The van der Waals surface area contributed by atoms with E-state index in [9.17, 15) is 27.2 Å². The number of hydrogen-bond donors (Lipinski definition) is 1. The molecule has 0 saturated heterocycles. The Morgan fingerprint density at radius 3 is 2.63 bits per heavy atom. The van der Waals surface area contributed by atoms with Crippen LogP contribution in [0.2, 0.25) is 0 Å². The summed E-state index contributed by atoms with van der Waals surface area (Å²) in [7, 11) is 0. The van der Waals surface area contributed by atoms with Crippen molar-refractivity contribution >= 4 is 5.97 Å². The Labute approximate surface area is 149 Å². The lowest BCUT2D eigenvalue weighted by atomic mass is 10.1. The second-order valence-corrected chi connectivity index (χ2v) is 6.13. The van der Waals surface area contributed by atoms with E-state index in [4.69, 9.17) is 9.84 Å². The fourth-order valence-electron chi connectivity index (χ4n) is 2.78. The highest BCUT2D eigenvalue weighted by Crippen LogP contribution is 2.30. The molecule has 2 aromatic rings. The van der Waals surface area contributed by atoms with Crippen LogP contribution >= 0.6 is 0 Å². The summed E-state index contributed by atoms with van der Waals surface area (Å²) >= 11 is 0. The van der Waals surface area contributed by atoms with Gasteiger partial charge in [-0.25, -0.2) is 14.0 Å². The number of carbonyl (C=O) groups is 1. The Bertz CT molecular complexity index is 948. The number of halogens is 4. The number of nitrogens with zero attached hydrogens (tertiary/aromatic N) is 3. The van der Waals surface area contributed by atoms with Crippen LogP contribution in [-0.4, -0.2) is 37.7 Å². The molecule has 3 rings (SSSR count). The highest BCUT2D eigenvalue weighted by atomic mass is 19.4. The Balaban J connectivity index is 2.12. The number of hydrogen-bond acceptors (Lipinski definition) is 4. The largest absolute Gasteiger partial charge is 0.480 e. The molecule has 1 aromatic carbocycles. The van der Waals surface area contributed by atoms with E-state index >= 15 is 0 Å². The van der Waals surface area contributed by atoms with Crippen molar-refractivity contribution in [1.82, 2.24) is 14.3 Å². The number of alkyl halides is 3. The molecular weight excluding hydrogens is 374 g/mol. The summed E-state index contributed by atoms with van der Waals surface area (Å²) in [5, 5.41) is 13.2. The van der Waals surface area contributed by atoms with Crippen molar-refractivity contribution in [2.24, 2.45) is 0 Å². The van der Waals surface area contributed by atoms with E-state index in [2.05, 4.69) is 5.10 Å². The Morgan fingerprint density at radius 1 is 1.33 bits per heavy atom. The van der Waals surface area contributed by atoms with Gasteiger partial charge < -0.3 is 9.84 Å². The van der Waals surface area contributed by atoms with Crippen LogP contribution in [0.25, 0.3) is 5.69 Å². The predicted octanol–water partition coefficient (Wildman–Crippen LogP) is 2.54. The maximum Gasteiger partial charge on any atom is 0.425 e. The molecule has 0 unspecified atom stereocenters. The van der Waals surface area contributed by atoms with Crippen molar-refractivity contribution in [3.63, 3.8) is 0 Å². The third-order valence-electron chi connectivity index (χ3n) is 4.24. The Hall–Kier alpha value is -2.85.